The molecule has 0 aromatic carbocycles. The molecule has 0 radical (unpaired) electrons. The summed E-state index contributed by atoms with van der Waals surface area (Å²) in [6.45, 7) is 1.48. The van der Waals surface area contributed by atoms with Crippen LogP contribution >= 0.6 is 0 Å². The molecule has 0 saturated carbocycles. The summed E-state index contributed by atoms with van der Waals surface area (Å²) in [5.74, 6) is 0.323. The van der Waals surface area contributed by atoms with Gasteiger partial charge in [-0.1, -0.05) is 0 Å². The van der Waals surface area contributed by atoms with Crippen LogP contribution in [0.3, 0.4) is 0 Å². The molecule has 0 bridgehead atoms. The highest BCUT2D eigenvalue weighted by Crippen LogP contribution is 2.17. The minimum absolute atomic E-state index is 0.0637. The molecule has 0 amide bonds. The van der Waals surface area contributed by atoms with Gasteiger partial charge in [-0.25, -0.2) is 0 Å². The number of nitrogens with zero attached hydrogens (tertiary/aromatic N) is 1. The number of hydrogen-bond donors (Lipinski definition) is 0. The summed E-state index contributed by atoms with van der Waals surface area (Å²) in [5, 5.41) is 0.912. The Labute approximate surface area is 69.0 Å². The average molecular weight is 161 g/mol. The van der Waals surface area contributed by atoms with E-state index in [-0.39, 0.29) is 5.78 Å². The molecule has 2 aromatic heterocycles. The van der Waals surface area contributed by atoms with Crippen LogP contribution in [0.5, 0.6) is 0 Å². The lowest BCUT2D eigenvalue weighted by molar-refractivity contribution is 0.0989. The van der Waals surface area contributed by atoms with E-state index in [9.17, 15) is 4.79 Å². The summed E-state index contributed by atoms with van der Waals surface area (Å²) in [4.78, 5) is 14.8. The van der Waals surface area contributed by atoms with Crippen molar-refractivity contribution in [3.05, 3.63) is 30.3 Å². The van der Waals surface area contributed by atoms with E-state index < -0.39 is 0 Å². The van der Waals surface area contributed by atoms with Gasteiger partial charge in [-0.05, 0) is 12.1 Å². The summed E-state index contributed by atoms with van der Waals surface area (Å²) >= 11 is 0. The first-order valence-electron chi connectivity index (χ1n) is 3.62. The van der Waals surface area contributed by atoms with Crippen LogP contribution < -0.4 is 0 Å². The van der Waals surface area contributed by atoms with Gasteiger partial charge in [-0.3, -0.25) is 9.78 Å². The zero-order chi connectivity index (χ0) is 8.55. The van der Waals surface area contributed by atoms with Gasteiger partial charge in [-0.15, -0.1) is 0 Å². The number of ketones is 1. The van der Waals surface area contributed by atoms with Gasteiger partial charge in [0.25, 0.3) is 0 Å². The molecule has 3 heteroatoms. The van der Waals surface area contributed by atoms with Crippen molar-refractivity contribution in [2.75, 3.05) is 0 Å². The van der Waals surface area contributed by atoms with E-state index in [1.165, 1.54) is 6.92 Å². The van der Waals surface area contributed by atoms with E-state index in [0.717, 1.165) is 5.39 Å². The fourth-order valence-corrected chi connectivity index (χ4v) is 1.06. The summed E-state index contributed by atoms with van der Waals surface area (Å²) in [7, 11) is 0. The number of rotatable bonds is 1. The van der Waals surface area contributed by atoms with Gasteiger partial charge in [0.05, 0.1) is 6.20 Å². The number of Topliss-reactive ketones (excluding diaryl/α,β-unsaturated/α-hetero) is 1. The van der Waals surface area contributed by atoms with Crippen molar-refractivity contribution >= 4 is 16.8 Å². The zero-order valence-corrected chi connectivity index (χ0v) is 6.57. The molecule has 60 valence electrons. The molecule has 12 heavy (non-hydrogen) atoms. The third-order valence-electron chi connectivity index (χ3n) is 1.67. The molecule has 2 aromatic rings. The number of aromatic nitrogens is 1. The van der Waals surface area contributed by atoms with Crippen LogP contribution in [0, 0.1) is 0 Å². The van der Waals surface area contributed by atoms with Gasteiger partial charge in [0, 0.05) is 18.5 Å². The number of carbonyl (C=O) groups excluding carboxylic acids is 1. The van der Waals surface area contributed by atoms with E-state index in [4.69, 9.17) is 4.42 Å². The molecule has 0 spiro atoms. The molecule has 3 nitrogen and oxygen atoms in total. The number of furan rings is 1. The molecule has 2 heterocycles. The van der Waals surface area contributed by atoms with Crippen molar-refractivity contribution in [3.8, 4) is 0 Å². The highest BCUT2D eigenvalue weighted by atomic mass is 16.3. The molecule has 0 aliphatic rings. The average Bonchev–Trinajstić information content (AvgIpc) is 2.46. The first-order valence-corrected chi connectivity index (χ1v) is 3.62. The third kappa shape index (κ3) is 0.993. The molecule has 0 unspecified atom stereocenters. The van der Waals surface area contributed by atoms with Crippen molar-refractivity contribution in [2.24, 2.45) is 0 Å². The molecule has 2 rings (SSSR count). The standard InChI is InChI=1S/C9H7NO2/c1-6(11)8-4-7-2-3-10-5-9(7)12-8/h2-5H,1H3. The number of pyridine rings is 1. The Hall–Kier alpha value is -1.64. The van der Waals surface area contributed by atoms with Crippen LogP contribution in [-0.4, -0.2) is 10.8 Å². The van der Waals surface area contributed by atoms with Crippen LogP contribution in [0.15, 0.2) is 28.9 Å². The van der Waals surface area contributed by atoms with Crippen molar-refractivity contribution in [1.29, 1.82) is 0 Å². The Balaban J connectivity index is 2.70. The molecule has 0 aliphatic carbocycles. The van der Waals surface area contributed by atoms with Crippen molar-refractivity contribution in [3.63, 3.8) is 0 Å². The van der Waals surface area contributed by atoms with Crippen molar-refractivity contribution in [1.82, 2.24) is 4.98 Å². The highest BCUT2D eigenvalue weighted by Gasteiger charge is 2.06. The Bertz CT molecular complexity index is 398. The SMILES string of the molecule is CC(=O)c1cc2ccncc2o1. The van der Waals surface area contributed by atoms with Gasteiger partial charge >= 0.3 is 0 Å². The van der Waals surface area contributed by atoms with Crippen molar-refractivity contribution < 1.29 is 9.21 Å². The predicted molar refractivity (Wildman–Crippen MR) is 44.0 cm³/mol. The molecular weight excluding hydrogens is 154 g/mol. The second-order valence-electron chi connectivity index (χ2n) is 2.58. The Kier molecular flexibility index (Phi) is 1.43. The minimum atomic E-state index is -0.0637. The van der Waals surface area contributed by atoms with E-state index in [0.29, 0.717) is 11.3 Å². The molecule has 0 atom stereocenters. The van der Waals surface area contributed by atoms with Crippen LogP contribution in [0.1, 0.15) is 17.5 Å². The highest BCUT2D eigenvalue weighted by molar-refractivity contribution is 5.95. The molecule has 0 fully saturated rings. The maximum absolute atomic E-state index is 10.9. The van der Waals surface area contributed by atoms with Gasteiger partial charge in [0.15, 0.2) is 17.1 Å². The van der Waals surface area contributed by atoms with Crippen LogP contribution in [-0.2, 0) is 0 Å². The number of carbonyl (C=O) groups is 1. The van der Waals surface area contributed by atoms with Gasteiger partial charge in [0.1, 0.15) is 0 Å². The van der Waals surface area contributed by atoms with Gasteiger partial charge in [0.2, 0.25) is 0 Å². The summed E-state index contributed by atoms with van der Waals surface area (Å²) in [5.41, 5.74) is 0.655. The summed E-state index contributed by atoms with van der Waals surface area (Å²) in [6.07, 6.45) is 3.27. The lowest BCUT2D eigenvalue weighted by atomic mass is 10.3. The van der Waals surface area contributed by atoms with Gasteiger partial charge < -0.3 is 4.42 Å². The van der Waals surface area contributed by atoms with Crippen molar-refractivity contribution in [2.45, 2.75) is 6.92 Å². The second-order valence-corrected chi connectivity index (χ2v) is 2.58. The fraction of sp³-hybridized carbons (Fsp3) is 0.111. The Morgan fingerprint density at radius 3 is 3.08 bits per heavy atom. The Morgan fingerprint density at radius 1 is 1.58 bits per heavy atom. The first-order chi connectivity index (χ1) is 5.77. The van der Waals surface area contributed by atoms with Crippen LogP contribution in [0.4, 0.5) is 0 Å². The maximum atomic E-state index is 10.9. The second kappa shape index (κ2) is 2.44. The van der Waals surface area contributed by atoms with E-state index in [1.807, 2.05) is 6.07 Å². The quantitative estimate of drug-likeness (QED) is 0.601. The molecule has 0 aliphatic heterocycles. The van der Waals surface area contributed by atoms with Crippen LogP contribution in [0.25, 0.3) is 11.0 Å². The maximum Gasteiger partial charge on any atom is 0.194 e. The van der Waals surface area contributed by atoms with Gasteiger partial charge in [-0.2, -0.15) is 0 Å². The summed E-state index contributed by atoms with van der Waals surface area (Å²) < 4.78 is 5.22. The lowest BCUT2D eigenvalue weighted by Crippen LogP contribution is -1.85. The van der Waals surface area contributed by atoms with E-state index >= 15 is 0 Å². The van der Waals surface area contributed by atoms with E-state index in [2.05, 4.69) is 4.98 Å². The first kappa shape index (κ1) is 7.03. The molecule has 0 saturated heterocycles. The topological polar surface area (TPSA) is 43.1 Å². The normalized spacial score (nSPS) is 10.4. The minimum Gasteiger partial charge on any atom is -0.451 e. The monoisotopic (exact) mass is 161 g/mol. The third-order valence-corrected chi connectivity index (χ3v) is 1.67. The zero-order valence-electron chi connectivity index (χ0n) is 6.57. The smallest absolute Gasteiger partial charge is 0.194 e. The lowest BCUT2D eigenvalue weighted by Gasteiger charge is -1.83. The summed E-state index contributed by atoms with van der Waals surface area (Å²) in [6, 6.07) is 3.53. The fourth-order valence-electron chi connectivity index (χ4n) is 1.06. The number of hydrogen-bond acceptors (Lipinski definition) is 3. The van der Waals surface area contributed by atoms with Crippen LogP contribution in [0.2, 0.25) is 0 Å². The molecule has 0 N–H and O–H groups in total. The predicted octanol–water partition coefficient (Wildman–Crippen LogP) is 2.03. The number of fused-ring (bicyclic) bond motifs is 1. The van der Waals surface area contributed by atoms with E-state index in [1.54, 1.807) is 18.5 Å². The molecular formula is C9H7NO2. The Morgan fingerprint density at radius 2 is 2.42 bits per heavy atom. The largest absolute Gasteiger partial charge is 0.451 e.